The molecule has 8 heteroatoms. The minimum Gasteiger partial charge on any atom is -0.465 e. The van der Waals surface area contributed by atoms with Crippen molar-refractivity contribution in [2.45, 2.75) is 56.4 Å². The molecule has 3 fully saturated rings. The van der Waals surface area contributed by atoms with Crippen LogP contribution in [0.3, 0.4) is 0 Å². The second kappa shape index (κ2) is 6.31. The van der Waals surface area contributed by atoms with Gasteiger partial charge < -0.3 is 20.3 Å². The number of amides is 1. The zero-order valence-electron chi connectivity index (χ0n) is 15.1. The molecule has 1 amide bonds. The van der Waals surface area contributed by atoms with Gasteiger partial charge in [0, 0.05) is 17.1 Å². The molecular formula is C19H23N3O5. The monoisotopic (exact) mass is 373 g/mol. The molecule has 2 aliphatic heterocycles. The third-order valence-electron chi connectivity index (χ3n) is 6.00. The van der Waals surface area contributed by atoms with Crippen molar-refractivity contribution >= 4 is 17.1 Å². The van der Waals surface area contributed by atoms with E-state index in [0.29, 0.717) is 31.3 Å². The number of carbonyl (C=O) groups is 1. The number of aliphatic hydroxyl groups is 1. The van der Waals surface area contributed by atoms with Crippen LogP contribution in [-0.2, 0) is 11.3 Å². The number of rotatable bonds is 4. The number of hydrogen-bond acceptors (Lipinski definition) is 5. The first kappa shape index (κ1) is 17.9. The summed E-state index contributed by atoms with van der Waals surface area (Å²) in [5, 5.41) is 23.4. The Morgan fingerprint density at radius 2 is 2.00 bits per heavy atom. The van der Waals surface area contributed by atoms with E-state index in [4.69, 9.17) is 9.84 Å². The number of carboxylic acid groups (broad SMARTS) is 1. The van der Waals surface area contributed by atoms with Gasteiger partial charge in [0.25, 0.3) is 5.56 Å². The van der Waals surface area contributed by atoms with Crippen LogP contribution >= 0.6 is 0 Å². The van der Waals surface area contributed by atoms with Crippen LogP contribution in [0.25, 0.3) is 11.0 Å². The number of aromatic nitrogens is 2. The Kier molecular flexibility index (Phi) is 4.20. The maximum absolute atomic E-state index is 12.4. The summed E-state index contributed by atoms with van der Waals surface area (Å²) in [7, 11) is 0. The van der Waals surface area contributed by atoms with Crippen LogP contribution in [0.2, 0.25) is 0 Å². The van der Waals surface area contributed by atoms with Gasteiger partial charge in [0.05, 0.1) is 24.3 Å². The second-order valence-electron chi connectivity index (χ2n) is 7.73. The third-order valence-corrected chi connectivity index (χ3v) is 6.00. The van der Waals surface area contributed by atoms with Crippen molar-refractivity contribution in [3.63, 3.8) is 0 Å². The first-order valence-electron chi connectivity index (χ1n) is 9.13. The molecule has 3 N–H and O–H groups in total. The van der Waals surface area contributed by atoms with Gasteiger partial charge in [0.15, 0.2) is 0 Å². The van der Waals surface area contributed by atoms with Gasteiger partial charge in [-0.3, -0.25) is 9.36 Å². The lowest BCUT2D eigenvalue weighted by Crippen LogP contribution is -2.66. The highest BCUT2D eigenvalue weighted by atomic mass is 16.5. The standard InChI is InChI=1S/C19H23N3O5/c1-12-2-3-13-4-5-15(24)22(16(13)20-12)10-14(23)19-8-6-18(7-9-19,11-27-19)21-17(25)26/h2-5,14,21,23H,6-11H2,1H3,(H,25,26). The maximum atomic E-state index is 12.4. The van der Waals surface area contributed by atoms with E-state index >= 15 is 0 Å². The minimum absolute atomic E-state index is 0.0893. The molecule has 0 aromatic carbocycles. The smallest absolute Gasteiger partial charge is 0.405 e. The molecule has 0 radical (unpaired) electrons. The van der Waals surface area contributed by atoms with Crippen molar-refractivity contribution < 1.29 is 19.7 Å². The van der Waals surface area contributed by atoms with Gasteiger partial charge in [0.1, 0.15) is 11.8 Å². The molecule has 2 saturated heterocycles. The minimum atomic E-state index is -1.06. The Morgan fingerprint density at radius 1 is 1.30 bits per heavy atom. The van der Waals surface area contributed by atoms with Crippen LogP contribution in [0.5, 0.6) is 0 Å². The van der Waals surface area contributed by atoms with Gasteiger partial charge in [-0.05, 0) is 50.8 Å². The predicted octanol–water partition coefficient (Wildman–Crippen LogP) is 1.42. The molecule has 8 nitrogen and oxygen atoms in total. The summed E-state index contributed by atoms with van der Waals surface area (Å²) in [5.41, 5.74) is -0.197. The van der Waals surface area contributed by atoms with Crippen molar-refractivity contribution in [1.29, 1.82) is 0 Å². The van der Waals surface area contributed by atoms with E-state index in [1.54, 1.807) is 6.07 Å². The van der Waals surface area contributed by atoms with Gasteiger partial charge in [-0.1, -0.05) is 0 Å². The molecule has 1 atom stereocenters. The Morgan fingerprint density at radius 3 is 2.63 bits per heavy atom. The Labute approximate surface area is 155 Å². The highest BCUT2D eigenvalue weighted by molar-refractivity contribution is 5.75. The van der Waals surface area contributed by atoms with Crippen molar-refractivity contribution in [2.24, 2.45) is 0 Å². The van der Waals surface area contributed by atoms with Crippen molar-refractivity contribution in [2.75, 3.05) is 6.61 Å². The first-order chi connectivity index (χ1) is 12.8. The van der Waals surface area contributed by atoms with Gasteiger partial charge in [-0.2, -0.15) is 0 Å². The molecule has 2 bridgehead atoms. The first-order valence-corrected chi connectivity index (χ1v) is 9.13. The normalized spacial score (nSPS) is 28.2. The fourth-order valence-corrected chi connectivity index (χ4v) is 4.31. The molecule has 27 heavy (non-hydrogen) atoms. The molecule has 1 aliphatic carbocycles. The van der Waals surface area contributed by atoms with Crippen LogP contribution in [0, 0.1) is 6.92 Å². The maximum Gasteiger partial charge on any atom is 0.405 e. The number of fused-ring (bicyclic) bond motifs is 4. The lowest BCUT2D eigenvalue weighted by molar-refractivity contribution is -0.209. The van der Waals surface area contributed by atoms with E-state index in [1.807, 2.05) is 19.1 Å². The number of ether oxygens (including phenoxy) is 1. The number of hydrogen-bond donors (Lipinski definition) is 3. The summed E-state index contributed by atoms with van der Waals surface area (Å²) >= 11 is 0. The van der Waals surface area contributed by atoms with Crippen molar-refractivity contribution in [3.05, 3.63) is 40.3 Å². The number of nitrogens with one attached hydrogen (secondary N) is 1. The van der Waals surface area contributed by atoms with E-state index in [1.165, 1.54) is 10.6 Å². The number of aliphatic hydroxyl groups excluding tert-OH is 1. The summed E-state index contributed by atoms with van der Waals surface area (Å²) < 4.78 is 7.46. The van der Waals surface area contributed by atoms with Gasteiger partial charge >= 0.3 is 6.09 Å². The van der Waals surface area contributed by atoms with E-state index in [0.717, 1.165) is 11.1 Å². The largest absolute Gasteiger partial charge is 0.465 e. The summed E-state index contributed by atoms with van der Waals surface area (Å²) in [4.78, 5) is 27.9. The summed E-state index contributed by atoms with van der Waals surface area (Å²) in [6, 6.07) is 7.00. The summed E-state index contributed by atoms with van der Waals surface area (Å²) in [5.74, 6) is 0. The van der Waals surface area contributed by atoms with Crippen molar-refractivity contribution in [1.82, 2.24) is 14.9 Å². The Balaban J connectivity index is 1.59. The van der Waals surface area contributed by atoms with Crippen LogP contribution in [-0.4, -0.2) is 49.7 Å². The predicted molar refractivity (Wildman–Crippen MR) is 97.8 cm³/mol. The molecule has 1 unspecified atom stereocenters. The second-order valence-corrected chi connectivity index (χ2v) is 7.73. The molecule has 5 rings (SSSR count). The lowest BCUT2D eigenvalue weighted by atomic mass is 9.69. The van der Waals surface area contributed by atoms with E-state index < -0.39 is 23.3 Å². The number of pyridine rings is 2. The molecule has 2 aromatic heterocycles. The zero-order valence-corrected chi connectivity index (χ0v) is 15.1. The third kappa shape index (κ3) is 3.08. The van der Waals surface area contributed by atoms with Gasteiger partial charge in [0.2, 0.25) is 0 Å². The van der Waals surface area contributed by atoms with Gasteiger partial charge in [-0.15, -0.1) is 0 Å². The van der Waals surface area contributed by atoms with Crippen LogP contribution in [0.1, 0.15) is 31.4 Å². The van der Waals surface area contributed by atoms with E-state index in [2.05, 4.69) is 10.3 Å². The molecular weight excluding hydrogens is 350 g/mol. The molecule has 1 saturated carbocycles. The molecule has 0 spiro atoms. The van der Waals surface area contributed by atoms with Gasteiger partial charge in [-0.25, -0.2) is 9.78 Å². The SMILES string of the molecule is Cc1ccc2ccc(=O)n(CC(O)C34CCC(NC(=O)O)(CC3)CO4)c2n1. The highest BCUT2D eigenvalue weighted by Crippen LogP contribution is 2.45. The zero-order chi connectivity index (χ0) is 19.2. The summed E-state index contributed by atoms with van der Waals surface area (Å²) in [6.07, 6.45) is 0.362. The van der Waals surface area contributed by atoms with E-state index in [9.17, 15) is 14.7 Å². The van der Waals surface area contributed by atoms with Crippen molar-refractivity contribution in [3.8, 4) is 0 Å². The fourth-order valence-electron chi connectivity index (χ4n) is 4.31. The molecule has 4 heterocycles. The highest BCUT2D eigenvalue weighted by Gasteiger charge is 2.53. The average Bonchev–Trinajstić information content (AvgIpc) is 2.64. The molecule has 2 aromatic rings. The average molecular weight is 373 g/mol. The Bertz CT molecular complexity index is 929. The lowest BCUT2D eigenvalue weighted by Gasteiger charge is -2.54. The number of aryl methyl sites for hydroxylation is 1. The van der Waals surface area contributed by atoms with Crippen LogP contribution in [0.15, 0.2) is 29.1 Å². The Hall–Kier alpha value is -2.45. The fraction of sp³-hybridized carbons (Fsp3) is 0.526. The number of nitrogens with zero attached hydrogens (tertiary/aromatic N) is 2. The molecule has 144 valence electrons. The molecule has 3 aliphatic rings. The van der Waals surface area contributed by atoms with Crippen LogP contribution < -0.4 is 10.9 Å². The van der Waals surface area contributed by atoms with Crippen LogP contribution in [0.4, 0.5) is 4.79 Å². The van der Waals surface area contributed by atoms with E-state index in [-0.39, 0.29) is 18.7 Å². The topological polar surface area (TPSA) is 114 Å². The quantitative estimate of drug-likeness (QED) is 0.747. The summed E-state index contributed by atoms with van der Waals surface area (Å²) in [6.45, 7) is 2.18.